The lowest BCUT2D eigenvalue weighted by atomic mass is 10.1. The molecule has 4 nitrogen and oxygen atoms in total. The SMILES string of the molecule is CCc1nn(C)c(N(CCC(C)C)C2CCCC2)c1N. The van der Waals surface area contributed by atoms with E-state index < -0.39 is 0 Å². The first-order chi connectivity index (χ1) is 9.54. The third-order valence-electron chi connectivity index (χ3n) is 4.45. The standard InChI is InChI=1S/C16H30N4/c1-5-14-15(17)16(19(4)18-14)20(11-10-12(2)3)13-8-6-7-9-13/h12-13H,5-11,17H2,1-4H3. The molecule has 114 valence electrons. The zero-order chi connectivity index (χ0) is 14.7. The summed E-state index contributed by atoms with van der Waals surface area (Å²) in [6.07, 6.45) is 7.40. The molecular formula is C16H30N4. The Bertz CT molecular complexity index is 430. The molecule has 1 aliphatic carbocycles. The maximum atomic E-state index is 6.36. The van der Waals surface area contributed by atoms with Crippen LogP contribution in [0.15, 0.2) is 0 Å². The molecular weight excluding hydrogens is 248 g/mol. The minimum atomic E-state index is 0.649. The van der Waals surface area contributed by atoms with E-state index in [4.69, 9.17) is 5.73 Å². The molecule has 0 amide bonds. The molecule has 0 aromatic carbocycles. The summed E-state index contributed by atoms with van der Waals surface area (Å²) in [6, 6.07) is 0.649. The molecule has 0 unspecified atom stereocenters. The molecule has 1 saturated carbocycles. The van der Waals surface area contributed by atoms with Crippen LogP contribution in [0.3, 0.4) is 0 Å². The highest BCUT2D eigenvalue weighted by Crippen LogP contribution is 2.33. The molecule has 20 heavy (non-hydrogen) atoms. The van der Waals surface area contributed by atoms with Crippen LogP contribution in [0.1, 0.15) is 58.6 Å². The summed E-state index contributed by atoms with van der Waals surface area (Å²) in [4.78, 5) is 2.54. The second-order valence-electron chi connectivity index (χ2n) is 6.48. The predicted octanol–water partition coefficient (Wildman–Crippen LogP) is 3.36. The number of nitrogen functional groups attached to an aromatic ring is 1. The summed E-state index contributed by atoms with van der Waals surface area (Å²) in [7, 11) is 2.03. The Kier molecular flexibility index (Phi) is 4.95. The zero-order valence-corrected chi connectivity index (χ0v) is 13.5. The fraction of sp³-hybridized carbons (Fsp3) is 0.812. The third kappa shape index (κ3) is 3.10. The fourth-order valence-electron chi connectivity index (χ4n) is 3.26. The first-order valence-corrected chi connectivity index (χ1v) is 8.12. The van der Waals surface area contributed by atoms with Gasteiger partial charge < -0.3 is 10.6 Å². The van der Waals surface area contributed by atoms with Crippen LogP contribution in [0, 0.1) is 5.92 Å². The van der Waals surface area contributed by atoms with E-state index in [0.717, 1.165) is 36.1 Å². The first-order valence-electron chi connectivity index (χ1n) is 8.12. The van der Waals surface area contributed by atoms with E-state index >= 15 is 0 Å². The second kappa shape index (κ2) is 6.51. The highest BCUT2D eigenvalue weighted by molar-refractivity contribution is 5.67. The maximum Gasteiger partial charge on any atom is 0.150 e. The smallest absolute Gasteiger partial charge is 0.150 e. The average Bonchev–Trinajstić information content (AvgIpc) is 3.01. The van der Waals surface area contributed by atoms with E-state index in [9.17, 15) is 0 Å². The monoisotopic (exact) mass is 278 g/mol. The number of hydrogen-bond acceptors (Lipinski definition) is 3. The second-order valence-corrected chi connectivity index (χ2v) is 6.48. The van der Waals surface area contributed by atoms with Gasteiger partial charge in [-0.15, -0.1) is 0 Å². The summed E-state index contributed by atoms with van der Waals surface area (Å²) in [5.41, 5.74) is 8.30. The predicted molar refractivity (Wildman–Crippen MR) is 86.1 cm³/mol. The zero-order valence-electron chi connectivity index (χ0n) is 13.5. The van der Waals surface area contributed by atoms with E-state index in [1.54, 1.807) is 0 Å². The quantitative estimate of drug-likeness (QED) is 0.868. The Morgan fingerprint density at radius 2 is 2.00 bits per heavy atom. The van der Waals surface area contributed by atoms with Gasteiger partial charge in [-0.3, -0.25) is 4.68 Å². The summed E-state index contributed by atoms with van der Waals surface area (Å²) in [5, 5.41) is 4.60. The van der Waals surface area contributed by atoms with E-state index in [0.29, 0.717) is 6.04 Å². The van der Waals surface area contributed by atoms with E-state index in [1.165, 1.54) is 32.1 Å². The van der Waals surface area contributed by atoms with Crippen molar-refractivity contribution in [2.24, 2.45) is 13.0 Å². The Hall–Kier alpha value is -1.19. The van der Waals surface area contributed by atoms with Crippen LogP contribution < -0.4 is 10.6 Å². The van der Waals surface area contributed by atoms with Gasteiger partial charge in [-0.1, -0.05) is 33.6 Å². The van der Waals surface area contributed by atoms with Crippen molar-refractivity contribution in [1.29, 1.82) is 0 Å². The highest BCUT2D eigenvalue weighted by atomic mass is 15.4. The first kappa shape index (κ1) is 15.2. The summed E-state index contributed by atoms with van der Waals surface area (Å²) < 4.78 is 1.99. The van der Waals surface area contributed by atoms with Crippen LogP contribution in [-0.2, 0) is 13.5 Å². The van der Waals surface area contributed by atoms with Crippen LogP contribution in [-0.4, -0.2) is 22.4 Å². The summed E-state index contributed by atoms with van der Waals surface area (Å²) in [5.74, 6) is 1.87. The molecule has 0 spiro atoms. The van der Waals surface area contributed by atoms with Gasteiger partial charge in [-0.05, 0) is 31.6 Å². The van der Waals surface area contributed by atoms with Crippen LogP contribution in [0.4, 0.5) is 11.5 Å². The van der Waals surface area contributed by atoms with Crippen molar-refractivity contribution >= 4 is 11.5 Å². The van der Waals surface area contributed by atoms with Crippen molar-refractivity contribution in [2.45, 2.75) is 65.3 Å². The molecule has 0 atom stereocenters. The molecule has 2 rings (SSSR count). The molecule has 2 N–H and O–H groups in total. The fourth-order valence-corrected chi connectivity index (χ4v) is 3.26. The Balaban J connectivity index is 2.27. The normalized spacial score (nSPS) is 16.2. The molecule has 4 heteroatoms. The van der Waals surface area contributed by atoms with Crippen LogP contribution >= 0.6 is 0 Å². The van der Waals surface area contributed by atoms with Crippen molar-refractivity contribution < 1.29 is 0 Å². The van der Waals surface area contributed by atoms with Crippen molar-refractivity contribution in [3.05, 3.63) is 5.69 Å². The summed E-state index contributed by atoms with van der Waals surface area (Å²) >= 11 is 0. The lowest BCUT2D eigenvalue weighted by Crippen LogP contribution is -2.36. The number of rotatable bonds is 6. The van der Waals surface area contributed by atoms with E-state index in [1.807, 2.05) is 11.7 Å². The number of nitrogens with two attached hydrogens (primary N) is 1. The lowest BCUT2D eigenvalue weighted by molar-refractivity contribution is 0.517. The van der Waals surface area contributed by atoms with Crippen LogP contribution in [0.5, 0.6) is 0 Å². The Morgan fingerprint density at radius 3 is 2.50 bits per heavy atom. The number of hydrogen-bond donors (Lipinski definition) is 1. The van der Waals surface area contributed by atoms with Gasteiger partial charge in [0.1, 0.15) is 0 Å². The van der Waals surface area contributed by atoms with Crippen molar-refractivity contribution in [3.63, 3.8) is 0 Å². The highest BCUT2D eigenvalue weighted by Gasteiger charge is 2.27. The molecule has 1 fully saturated rings. The number of aryl methyl sites for hydroxylation is 2. The van der Waals surface area contributed by atoms with Gasteiger partial charge in [0.05, 0.1) is 11.4 Å². The van der Waals surface area contributed by atoms with Gasteiger partial charge in [0.2, 0.25) is 0 Å². The van der Waals surface area contributed by atoms with Crippen molar-refractivity contribution in [2.75, 3.05) is 17.2 Å². The number of nitrogens with zero attached hydrogens (tertiary/aromatic N) is 3. The molecule has 1 aromatic heterocycles. The van der Waals surface area contributed by atoms with E-state index in [2.05, 4.69) is 30.8 Å². The lowest BCUT2D eigenvalue weighted by Gasteiger charge is -2.32. The molecule has 0 saturated heterocycles. The molecule has 1 heterocycles. The van der Waals surface area contributed by atoms with E-state index in [-0.39, 0.29) is 0 Å². The average molecular weight is 278 g/mol. The summed E-state index contributed by atoms with van der Waals surface area (Å²) in [6.45, 7) is 7.79. The van der Waals surface area contributed by atoms with Gasteiger partial charge in [0.15, 0.2) is 5.82 Å². The van der Waals surface area contributed by atoms with Crippen LogP contribution in [0.25, 0.3) is 0 Å². The minimum Gasteiger partial charge on any atom is -0.394 e. The maximum absolute atomic E-state index is 6.36. The van der Waals surface area contributed by atoms with Gasteiger partial charge in [0, 0.05) is 19.6 Å². The minimum absolute atomic E-state index is 0.649. The molecule has 1 aliphatic rings. The van der Waals surface area contributed by atoms with Crippen LogP contribution in [0.2, 0.25) is 0 Å². The third-order valence-corrected chi connectivity index (χ3v) is 4.45. The van der Waals surface area contributed by atoms with Crippen molar-refractivity contribution in [1.82, 2.24) is 9.78 Å². The molecule has 0 aliphatic heterocycles. The van der Waals surface area contributed by atoms with Crippen molar-refractivity contribution in [3.8, 4) is 0 Å². The number of anilines is 2. The molecule has 0 bridgehead atoms. The van der Waals surface area contributed by atoms with Gasteiger partial charge in [0.25, 0.3) is 0 Å². The topological polar surface area (TPSA) is 47.1 Å². The Labute approximate surface area is 123 Å². The Morgan fingerprint density at radius 1 is 1.35 bits per heavy atom. The van der Waals surface area contributed by atoms with Gasteiger partial charge >= 0.3 is 0 Å². The molecule has 1 aromatic rings. The molecule has 0 radical (unpaired) electrons. The number of aromatic nitrogens is 2. The largest absolute Gasteiger partial charge is 0.394 e. The van der Waals surface area contributed by atoms with Gasteiger partial charge in [-0.25, -0.2) is 0 Å². The van der Waals surface area contributed by atoms with Gasteiger partial charge in [-0.2, -0.15) is 5.10 Å².